The van der Waals surface area contributed by atoms with Gasteiger partial charge in [-0.15, -0.1) is 0 Å². The number of pyridine rings is 1. The lowest BCUT2D eigenvalue weighted by Gasteiger charge is -2.07. The quantitative estimate of drug-likeness (QED) is 0.801. The highest BCUT2D eigenvalue weighted by molar-refractivity contribution is 5.56. The van der Waals surface area contributed by atoms with Gasteiger partial charge >= 0.3 is 6.18 Å². The summed E-state index contributed by atoms with van der Waals surface area (Å²) in [6.45, 7) is 0. The van der Waals surface area contributed by atoms with Crippen molar-refractivity contribution in [3.05, 3.63) is 75.8 Å². The number of aromatic nitrogens is 2. The van der Waals surface area contributed by atoms with Crippen LogP contribution in [0.5, 0.6) is 0 Å². The van der Waals surface area contributed by atoms with Crippen LogP contribution >= 0.6 is 0 Å². The Morgan fingerprint density at radius 3 is 2.70 bits per heavy atom. The maximum atomic E-state index is 12.7. The molecule has 1 N–H and O–H groups in total. The second kappa shape index (κ2) is 5.75. The van der Waals surface area contributed by atoms with E-state index in [1.807, 2.05) is 0 Å². The van der Waals surface area contributed by atoms with E-state index in [2.05, 4.69) is 10.1 Å². The largest absolute Gasteiger partial charge is 0.416 e. The summed E-state index contributed by atoms with van der Waals surface area (Å²) in [6.07, 6.45) is -2.70. The maximum Gasteiger partial charge on any atom is 0.416 e. The van der Waals surface area contributed by atoms with Gasteiger partial charge in [0.1, 0.15) is 0 Å². The van der Waals surface area contributed by atoms with E-state index >= 15 is 0 Å². The summed E-state index contributed by atoms with van der Waals surface area (Å²) in [4.78, 5) is 13.8. The molecule has 0 saturated carbocycles. The summed E-state index contributed by atoms with van der Waals surface area (Å²) >= 11 is 0. The summed E-state index contributed by atoms with van der Waals surface area (Å²) in [6, 6.07) is 9.67. The SMILES string of the molecule is O=c1cc(-c2cc(Cc3cccc(C(F)(F)F)c3)no2)cc[nH]1. The van der Waals surface area contributed by atoms with Crippen LogP contribution in [0.4, 0.5) is 13.2 Å². The van der Waals surface area contributed by atoms with Crippen molar-refractivity contribution >= 4 is 0 Å². The van der Waals surface area contributed by atoms with Crippen LogP contribution in [-0.2, 0) is 12.6 Å². The monoisotopic (exact) mass is 320 g/mol. The molecule has 0 unspecified atom stereocenters. The molecule has 0 spiro atoms. The lowest BCUT2D eigenvalue weighted by atomic mass is 10.1. The van der Waals surface area contributed by atoms with Crippen LogP contribution in [0.2, 0.25) is 0 Å². The Labute approximate surface area is 128 Å². The molecule has 118 valence electrons. The van der Waals surface area contributed by atoms with Crippen LogP contribution in [0.25, 0.3) is 11.3 Å². The number of hydrogen-bond acceptors (Lipinski definition) is 3. The van der Waals surface area contributed by atoms with Crippen molar-refractivity contribution in [3.8, 4) is 11.3 Å². The van der Waals surface area contributed by atoms with E-state index in [9.17, 15) is 18.0 Å². The van der Waals surface area contributed by atoms with Crippen LogP contribution in [0, 0.1) is 0 Å². The van der Waals surface area contributed by atoms with Crippen molar-refractivity contribution in [2.24, 2.45) is 0 Å². The molecule has 0 fully saturated rings. The molecule has 23 heavy (non-hydrogen) atoms. The fraction of sp³-hybridized carbons (Fsp3) is 0.125. The smallest absolute Gasteiger partial charge is 0.356 e. The van der Waals surface area contributed by atoms with Gasteiger partial charge in [0.05, 0.1) is 11.3 Å². The molecular weight excluding hydrogens is 309 g/mol. The molecule has 0 radical (unpaired) electrons. The van der Waals surface area contributed by atoms with Crippen molar-refractivity contribution in [2.45, 2.75) is 12.6 Å². The first-order valence-electron chi connectivity index (χ1n) is 6.73. The van der Waals surface area contributed by atoms with E-state index in [4.69, 9.17) is 4.52 Å². The summed E-state index contributed by atoms with van der Waals surface area (Å²) in [5, 5.41) is 3.84. The second-order valence-corrected chi connectivity index (χ2v) is 5.00. The third kappa shape index (κ3) is 3.50. The minimum Gasteiger partial charge on any atom is -0.356 e. The average molecular weight is 320 g/mol. The molecule has 0 bridgehead atoms. The van der Waals surface area contributed by atoms with Crippen molar-refractivity contribution < 1.29 is 17.7 Å². The Balaban J connectivity index is 1.84. The Hall–Kier alpha value is -2.83. The number of halogens is 3. The third-order valence-corrected chi connectivity index (χ3v) is 3.26. The van der Waals surface area contributed by atoms with Crippen LogP contribution in [0.15, 0.2) is 58.0 Å². The predicted octanol–water partition coefficient (Wildman–Crippen LogP) is 3.64. The number of rotatable bonds is 3. The van der Waals surface area contributed by atoms with E-state index in [0.29, 0.717) is 22.6 Å². The molecule has 0 aliphatic heterocycles. The van der Waals surface area contributed by atoms with Gasteiger partial charge in [-0.25, -0.2) is 0 Å². The van der Waals surface area contributed by atoms with Crippen LogP contribution < -0.4 is 5.56 Å². The highest BCUT2D eigenvalue weighted by Gasteiger charge is 2.30. The predicted molar refractivity (Wildman–Crippen MR) is 76.8 cm³/mol. The van der Waals surface area contributed by atoms with Gasteiger partial charge in [-0.05, 0) is 17.7 Å². The lowest BCUT2D eigenvalue weighted by molar-refractivity contribution is -0.137. The second-order valence-electron chi connectivity index (χ2n) is 5.00. The van der Waals surface area contributed by atoms with E-state index < -0.39 is 11.7 Å². The van der Waals surface area contributed by atoms with Gasteiger partial charge in [0, 0.05) is 30.3 Å². The molecule has 0 atom stereocenters. The van der Waals surface area contributed by atoms with E-state index in [0.717, 1.165) is 12.1 Å². The van der Waals surface area contributed by atoms with Crippen molar-refractivity contribution in [1.29, 1.82) is 0 Å². The van der Waals surface area contributed by atoms with Gasteiger partial charge in [-0.1, -0.05) is 23.4 Å². The molecule has 3 rings (SSSR count). The number of alkyl halides is 3. The van der Waals surface area contributed by atoms with E-state index in [1.165, 1.54) is 18.3 Å². The number of aromatic amines is 1. The first-order chi connectivity index (χ1) is 10.9. The van der Waals surface area contributed by atoms with E-state index in [1.54, 1.807) is 18.2 Å². The highest BCUT2D eigenvalue weighted by atomic mass is 19.4. The van der Waals surface area contributed by atoms with E-state index in [-0.39, 0.29) is 12.0 Å². The van der Waals surface area contributed by atoms with Gasteiger partial charge in [-0.3, -0.25) is 4.79 Å². The molecule has 0 amide bonds. The Kier molecular flexibility index (Phi) is 3.77. The first-order valence-corrected chi connectivity index (χ1v) is 6.73. The Morgan fingerprint density at radius 1 is 1.13 bits per heavy atom. The summed E-state index contributed by atoms with van der Waals surface area (Å²) in [5.74, 6) is 0.387. The molecular formula is C16H11F3N2O2. The molecule has 1 aromatic carbocycles. The zero-order valence-electron chi connectivity index (χ0n) is 11.7. The van der Waals surface area contributed by atoms with Crippen LogP contribution in [0.1, 0.15) is 16.8 Å². The fourth-order valence-electron chi connectivity index (χ4n) is 2.20. The molecule has 3 aromatic rings. The zero-order valence-corrected chi connectivity index (χ0v) is 11.7. The molecule has 2 aromatic heterocycles. The Bertz CT molecular complexity index is 881. The molecule has 0 aliphatic rings. The summed E-state index contributed by atoms with van der Waals surface area (Å²) < 4.78 is 43.3. The Morgan fingerprint density at radius 2 is 1.96 bits per heavy atom. The van der Waals surface area contributed by atoms with Crippen molar-refractivity contribution in [3.63, 3.8) is 0 Å². The van der Waals surface area contributed by atoms with Gasteiger partial charge < -0.3 is 9.51 Å². The molecule has 7 heteroatoms. The number of nitrogens with one attached hydrogen (secondary N) is 1. The fourth-order valence-corrected chi connectivity index (χ4v) is 2.20. The topological polar surface area (TPSA) is 58.9 Å². The molecule has 0 saturated heterocycles. The van der Waals surface area contributed by atoms with Gasteiger partial charge in [-0.2, -0.15) is 13.2 Å². The van der Waals surface area contributed by atoms with Crippen LogP contribution in [-0.4, -0.2) is 10.1 Å². The summed E-state index contributed by atoms with van der Waals surface area (Å²) in [7, 11) is 0. The first kappa shape index (κ1) is 15.1. The number of benzene rings is 1. The maximum absolute atomic E-state index is 12.7. The lowest BCUT2D eigenvalue weighted by Crippen LogP contribution is -2.05. The molecule has 2 heterocycles. The summed E-state index contributed by atoms with van der Waals surface area (Å²) in [5.41, 5.74) is 0.536. The number of nitrogens with zero attached hydrogens (tertiary/aromatic N) is 1. The average Bonchev–Trinajstić information content (AvgIpc) is 2.95. The highest BCUT2D eigenvalue weighted by Crippen LogP contribution is 2.30. The van der Waals surface area contributed by atoms with Crippen LogP contribution in [0.3, 0.4) is 0 Å². The molecule has 0 aliphatic carbocycles. The van der Waals surface area contributed by atoms with Gasteiger partial charge in [0.15, 0.2) is 5.76 Å². The third-order valence-electron chi connectivity index (χ3n) is 3.26. The van der Waals surface area contributed by atoms with Crippen molar-refractivity contribution in [2.75, 3.05) is 0 Å². The number of H-pyrrole nitrogens is 1. The standard InChI is InChI=1S/C16H11F3N2O2/c17-16(18,19)12-3-1-2-10(6-12)7-13-9-14(23-21-13)11-4-5-20-15(22)8-11/h1-6,8-9H,7H2,(H,20,22). The molecule has 4 nitrogen and oxygen atoms in total. The normalized spacial score (nSPS) is 11.6. The van der Waals surface area contributed by atoms with Gasteiger partial charge in [0.2, 0.25) is 5.56 Å². The number of hydrogen-bond donors (Lipinski definition) is 1. The minimum absolute atomic E-state index is 0.205. The zero-order chi connectivity index (χ0) is 16.4. The van der Waals surface area contributed by atoms with Crippen molar-refractivity contribution in [1.82, 2.24) is 10.1 Å². The van der Waals surface area contributed by atoms with Gasteiger partial charge in [0.25, 0.3) is 0 Å². The minimum atomic E-state index is -4.38.